The van der Waals surface area contributed by atoms with Gasteiger partial charge in [-0.15, -0.1) is 0 Å². The number of fused-ring (bicyclic) bond motifs is 1. The summed E-state index contributed by atoms with van der Waals surface area (Å²) in [4.78, 5) is 3.11. The molecule has 0 aliphatic rings. The van der Waals surface area contributed by atoms with E-state index in [1.54, 1.807) is 24.3 Å². The standard InChI is InChI=1S/C14H12N2O3S2/c17-21(18,19)9-10-5-7-11(8-6-10)16-13-4-2-1-3-12(13)15-14(16)20/h1-8H,9H2,(H,15,20)(H,17,18,19)/p-1. The summed E-state index contributed by atoms with van der Waals surface area (Å²) in [5, 5.41) is 0. The fourth-order valence-electron chi connectivity index (χ4n) is 2.26. The maximum absolute atomic E-state index is 10.8. The summed E-state index contributed by atoms with van der Waals surface area (Å²) in [7, 11) is -4.27. The zero-order valence-electron chi connectivity index (χ0n) is 10.8. The molecule has 1 aromatic heterocycles. The molecule has 0 saturated heterocycles. The van der Waals surface area contributed by atoms with E-state index in [9.17, 15) is 13.0 Å². The smallest absolute Gasteiger partial charge is 0.182 e. The highest BCUT2D eigenvalue weighted by Crippen LogP contribution is 2.20. The fraction of sp³-hybridized carbons (Fsp3) is 0.0714. The zero-order chi connectivity index (χ0) is 15.0. The second-order valence-corrected chi connectivity index (χ2v) is 6.44. The van der Waals surface area contributed by atoms with Crippen molar-refractivity contribution in [1.82, 2.24) is 9.55 Å². The summed E-state index contributed by atoms with van der Waals surface area (Å²) < 4.78 is 34.7. The van der Waals surface area contributed by atoms with Gasteiger partial charge in [0, 0.05) is 5.69 Å². The maximum Gasteiger partial charge on any atom is 0.182 e. The second kappa shape index (κ2) is 5.10. The van der Waals surface area contributed by atoms with Crippen molar-refractivity contribution in [2.45, 2.75) is 5.75 Å². The molecule has 0 atom stereocenters. The Morgan fingerprint density at radius 2 is 1.76 bits per heavy atom. The third-order valence-electron chi connectivity index (χ3n) is 3.13. The predicted molar refractivity (Wildman–Crippen MR) is 81.9 cm³/mol. The predicted octanol–water partition coefficient (Wildman–Crippen LogP) is 2.73. The summed E-state index contributed by atoms with van der Waals surface area (Å²) in [5.74, 6) is -0.507. The average molecular weight is 319 g/mol. The largest absolute Gasteiger partial charge is 0.748 e. The minimum atomic E-state index is -4.27. The van der Waals surface area contributed by atoms with Crippen molar-refractivity contribution in [3.63, 3.8) is 0 Å². The molecule has 0 fully saturated rings. The van der Waals surface area contributed by atoms with Crippen LogP contribution in [-0.2, 0) is 15.9 Å². The van der Waals surface area contributed by atoms with E-state index in [0.29, 0.717) is 10.3 Å². The minimum Gasteiger partial charge on any atom is -0.748 e. The van der Waals surface area contributed by atoms with Crippen molar-refractivity contribution in [3.8, 4) is 5.69 Å². The summed E-state index contributed by atoms with van der Waals surface area (Å²) in [5.41, 5.74) is 3.13. The fourth-order valence-corrected chi connectivity index (χ4v) is 3.17. The molecule has 21 heavy (non-hydrogen) atoms. The lowest BCUT2D eigenvalue weighted by atomic mass is 10.2. The first-order valence-electron chi connectivity index (χ1n) is 6.17. The first-order chi connectivity index (χ1) is 9.94. The van der Waals surface area contributed by atoms with Crippen LogP contribution < -0.4 is 0 Å². The van der Waals surface area contributed by atoms with Crippen LogP contribution in [0.2, 0.25) is 0 Å². The number of aromatic nitrogens is 2. The Morgan fingerprint density at radius 1 is 1.10 bits per heavy atom. The van der Waals surface area contributed by atoms with Crippen LogP contribution in [0.25, 0.3) is 16.7 Å². The van der Waals surface area contributed by atoms with Gasteiger partial charge in [0.1, 0.15) is 0 Å². The van der Waals surface area contributed by atoms with Gasteiger partial charge in [-0.3, -0.25) is 4.57 Å². The number of H-pyrrole nitrogens is 1. The lowest BCUT2D eigenvalue weighted by Gasteiger charge is -2.08. The van der Waals surface area contributed by atoms with Gasteiger partial charge in [-0.25, -0.2) is 8.42 Å². The number of para-hydroxylation sites is 2. The van der Waals surface area contributed by atoms with Crippen molar-refractivity contribution in [2.75, 3.05) is 0 Å². The Kier molecular flexibility index (Phi) is 3.40. The van der Waals surface area contributed by atoms with Crippen LogP contribution in [0.15, 0.2) is 48.5 Å². The molecule has 0 amide bonds. The zero-order valence-corrected chi connectivity index (χ0v) is 12.4. The summed E-state index contributed by atoms with van der Waals surface area (Å²) >= 11 is 5.32. The van der Waals surface area contributed by atoms with Gasteiger partial charge in [-0.1, -0.05) is 24.3 Å². The van der Waals surface area contributed by atoms with Crippen LogP contribution in [0.4, 0.5) is 0 Å². The molecule has 0 radical (unpaired) electrons. The molecular weight excluding hydrogens is 308 g/mol. The van der Waals surface area contributed by atoms with Crippen molar-refractivity contribution >= 4 is 33.4 Å². The first-order valence-corrected chi connectivity index (χ1v) is 8.15. The van der Waals surface area contributed by atoms with E-state index in [1.165, 1.54) is 0 Å². The highest BCUT2D eigenvalue weighted by atomic mass is 32.2. The first kappa shape index (κ1) is 14.0. The maximum atomic E-state index is 10.8. The van der Waals surface area contributed by atoms with E-state index in [0.717, 1.165) is 16.7 Å². The Bertz CT molecular complexity index is 954. The molecule has 7 heteroatoms. The quantitative estimate of drug-likeness (QED) is 0.595. The van der Waals surface area contributed by atoms with Gasteiger partial charge >= 0.3 is 0 Å². The molecule has 0 unspecified atom stereocenters. The minimum absolute atomic E-state index is 0.458. The van der Waals surface area contributed by atoms with Crippen molar-refractivity contribution in [1.29, 1.82) is 0 Å². The normalized spacial score (nSPS) is 11.9. The molecule has 0 saturated carbocycles. The molecule has 108 valence electrons. The summed E-state index contributed by atoms with van der Waals surface area (Å²) in [6, 6.07) is 14.4. The molecule has 3 aromatic rings. The number of benzene rings is 2. The molecule has 0 aliphatic carbocycles. The Labute approximate surface area is 126 Å². The molecule has 3 rings (SSSR count). The number of imidazole rings is 1. The molecule has 1 N–H and O–H groups in total. The number of aromatic amines is 1. The van der Waals surface area contributed by atoms with E-state index in [4.69, 9.17) is 12.2 Å². The van der Waals surface area contributed by atoms with E-state index in [-0.39, 0.29) is 0 Å². The number of hydrogen-bond acceptors (Lipinski definition) is 4. The van der Waals surface area contributed by atoms with Gasteiger partial charge in [-0.2, -0.15) is 0 Å². The van der Waals surface area contributed by atoms with Gasteiger partial charge < -0.3 is 9.54 Å². The van der Waals surface area contributed by atoms with Crippen LogP contribution in [-0.4, -0.2) is 22.5 Å². The number of nitrogens with one attached hydrogen (secondary N) is 1. The SMILES string of the molecule is O=S(=O)([O-])Cc1ccc(-n2c(=S)[nH]c3ccccc32)cc1. The van der Waals surface area contributed by atoms with Crippen molar-refractivity contribution in [3.05, 3.63) is 58.9 Å². The van der Waals surface area contributed by atoms with Crippen LogP contribution in [0.1, 0.15) is 5.56 Å². The Balaban J connectivity index is 2.08. The average Bonchev–Trinajstić information content (AvgIpc) is 2.74. The lowest BCUT2D eigenvalue weighted by molar-refractivity contribution is 0.462. The highest BCUT2D eigenvalue weighted by molar-refractivity contribution is 7.84. The molecule has 0 spiro atoms. The third-order valence-corrected chi connectivity index (χ3v) is 4.10. The van der Waals surface area contributed by atoms with Crippen LogP contribution in [0.5, 0.6) is 0 Å². The highest BCUT2D eigenvalue weighted by Gasteiger charge is 2.06. The van der Waals surface area contributed by atoms with Crippen LogP contribution in [0, 0.1) is 4.77 Å². The topological polar surface area (TPSA) is 77.9 Å². The Hall–Kier alpha value is -1.96. The van der Waals surface area contributed by atoms with E-state index >= 15 is 0 Å². The van der Waals surface area contributed by atoms with Crippen LogP contribution in [0.3, 0.4) is 0 Å². The van der Waals surface area contributed by atoms with Crippen molar-refractivity contribution < 1.29 is 13.0 Å². The number of hydrogen-bond donors (Lipinski definition) is 1. The van der Waals surface area contributed by atoms with E-state index < -0.39 is 15.9 Å². The van der Waals surface area contributed by atoms with Gasteiger partial charge in [0.25, 0.3) is 0 Å². The van der Waals surface area contributed by atoms with Gasteiger partial charge in [0.2, 0.25) is 0 Å². The monoisotopic (exact) mass is 319 g/mol. The summed E-state index contributed by atoms with van der Waals surface area (Å²) in [6.45, 7) is 0. The van der Waals surface area contributed by atoms with Gasteiger partial charge in [-0.05, 0) is 42.0 Å². The molecule has 1 heterocycles. The lowest BCUT2D eigenvalue weighted by Crippen LogP contribution is -2.02. The molecular formula is C14H11N2O3S2-. The van der Waals surface area contributed by atoms with Gasteiger partial charge in [0.15, 0.2) is 4.77 Å². The molecule has 5 nitrogen and oxygen atoms in total. The Morgan fingerprint density at radius 3 is 2.43 bits per heavy atom. The van der Waals surface area contributed by atoms with Crippen LogP contribution >= 0.6 is 12.2 Å². The summed E-state index contributed by atoms with van der Waals surface area (Å²) in [6.07, 6.45) is 0. The van der Waals surface area contributed by atoms with E-state index in [1.807, 2.05) is 28.8 Å². The van der Waals surface area contributed by atoms with Crippen molar-refractivity contribution in [2.24, 2.45) is 0 Å². The molecule has 0 aliphatic heterocycles. The molecule has 2 aromatic carbocycles. The van der Waals surface area contributed by atoms with Gasteiger partial charge in [0.05, 0.1) is 26.9 Å². The number of rotatable bonds is 3. The second-order valence-electron chi connectivity index (χ2n) is 4.65. The third kappa shape index (κ3) is 2.90. The van der Waals surface area contributed by atoms with E-state index in [2.05, 4.69) is 4.98 Å². The number of nitrogens with zero attached hydrogens (tertiary/aromatic N) is 1. The molecule has 0 bridgehead atoms.